The number of carbonyl (C=O) groups is 3. The minimum atomic E-state index is -3.76. The van der Waals surface area contributed by atoms with E-state index in [-0.39, 0.29) is 36.7 Å². The third kappa shape index (κ3) is 5.24. The number of nitrogens with zero attached hydrogens (tertiary/aromatic N) is 4. The fourth-order valence-electron chi connectivity index (χ4n) is 5.18. The molecular weight excluding hydrogens is 492 g/mol. The van der Waals surface area contributed by atoms with Crippen molar-refractivity contribution in [3.8, 4) is 0 Å². The molecule has 3 aliphatic rings. The Balaban J connectivity index is 0.00000342. The molecule has 0 aliphatic carbocycles. The summed E-state index contributed by atoms with van der Waals surface area (Å²) in [4.78, 5) is 43.6. The zero-order valence-corrected chi connectivity index (χ0v) is 22.1. The van der Waals surface area contributed by atoms with Crippen LogP contribution in [0.5, 0.6) is 0 Å². The van der Waals surface area contributed by atoms with Crippen LogP contribution in [-0.2, 0) is 26.2 Å². The number of fused-ring (bicyclic) bond motifs is 1. The van der Waals surface area contributed by atoms with E-state index in [2.05, 4.69) is 4.90 Å². The van der Waals surface area contributed by atoms with Gasteiger partial charge in [0.2, 0.25) is 21.8 Å². The van der Waals surface area contributed by atoms with Gasteiger partial charge >= 0.3 is 0 Å². The fourth-order valence-corrected chi connectivity index (χ4v) is 6.19. The van der Waals surface area contributed by atoms with Crippen molar-refractivity contribution in [3.63, 3.8) is 0 Å². The predicted octanol–water partition coefficient (Wildman–Crippen LogP) is 1.55. The molecule has 0 bridgehead atoms. The van der Waals surface area contributed by atoms with Crippen LogP contribution in [0.4, 0.5) is 0 Å². The highest BCUT2D eigenvalue weighted by molar-refractivity contribution is 7.89. The van der Waals surface area contributed by atoms with Crippen LogP contribution in [0.25, 0.3) is 0 Å². The van der Waals surface area contributed by atoms with E-state index in [1.54, 1.807) is 30.0 Å². The summed E-state index contributed by atoms with van der Waals surface area (Å²) in [7, 11) is -3.76. The van der Waals surface area contributed by atoms with Crippen molar-refractivity contribution >= 4 is 40.2 Å². The summed E-state index contributed by atoms with van der Waals surface area (Å²) < 4.78 is 25.5. The third-order valence-corrected chi connectivity index (χ3v) is 7.99. The number of benzene rings is 1. The molecule has 9 nitrogen and oxygen atoms in total. The fraction of sp³-hybridized carbons (Fsp3) is 0.542. The van der Waals surface area contributed by atoms with Crippen LogP contribution in [-0.4, -0.2) is 90.2 Å². The molecule has 35 heavy (non-hydrogen) atoms. The van der Waals surface area contributed by atoms with E-state index >= 15 is 0 Å². The van der Waals surface area contributed by atoms with Crippen LogP contribution >= 0.6 is 12.4 Å². The maximum atomic E-state index is 13.4. The monoisotopic (exact) mass is 524 g/mol. The second-order valence-electron chi connectivity index (χ2n) is 9.65. The van der Waals surface area contributed by atoms with Gasteiger partial charge in [-0.15, -0.1) is 12.4 Å². The summed E-state index contributed by atoms with van der Waals surface area (Å²) in [6, 6.07) is 6.86. The molecule has 1 aromatic carbocycles. The topological polar surface area (TPSA) is 98.3 Å². The molecule has 0 unspecified atom stereocenters. The van der Waals surface area contributed by atoms with Crippen LogP contribution in [0, 0.1) is 11.8 Å². The Kier molecular flexibility index (Phi) is 7.98. The van der Waals surface area contributed by atoms with Crippen molar-refractivity contribution in [2.75, 3.05) is 39.0 Å². The Morgan fingerprint density at radius 3 is 2.17 bits per heavy atom. The Morgan fingerprint density at radius 2 is 1.66 bits per heavy atom. The summed E-state index contributed by atoms with van der Waals surface area (Å²) in [6.45, 7) is 9.41. The molecule has 3 amide bonds. The number of piperazine rings is 1. The average Bonchev–Trinajstić information content (AvgIpc) is 3.30. The lowest BCUT2D eigenvalue weighted by Crippen LogP contribution is -2.47. The number of carbonyl (C=O) groups excluding carboxylic acids is 3. The quantitative estimate of drug-likeness (QED) is 0.579. The number of halogens is 1. The summed E-state index contributed by atoms with van der Waals surface area (Å²) in [6.07, 6.45) is 2.70. The smallest absolute Gasteiger partial charge is 0.254 e. The van der Waals surface area contributed by atoms with E-state index in [1.165, 1.54) is 0 Å². The molecule has 0 spiro atoms. The molecule has 1 aromatic rings. The van der Waals surface area contributed by atoms with Crippen molar-refractivity contribution in [2.45, 2.75) is 33.4 Å². The summed E-state index contributed by atoms with van der Waals surface area (Å²) in [5.74, 6) is -1.30. The molecule has 2 saturated heterocycles. The molecule has 3 heterocycles. The zero-order chi connectivity index (χ0) is 24.8. The van der Waals surface area contributed by atoms with Crippen LogP contribution in [0.2, 0.25) is 0 Å². The van der Waals surface area contributed by atoms with Gasteiger partial charge in [-0.05, 0) is 29.7 Å². The highest BCUT2D eigenvalue weighted by Gasteiger charge is 2.54. The van der Waals surface area contributed by atoms with Gasteiger partial charge < -0.3 is 9.80 Å². The van der Waals surface area contributed by atoms with Crippen molar-refractivity contribution in [2.24, 2.45) is 11.8 Å². The molecule has 0 radical (unpaired) electrons. The number of sulfonamides is 1. The number of rotatable bonds is 5. The second-order valence-corrected chi connectivity index (χ2v) is 11.5. The van der Waals surface area contributed by atoms with Gasteiger partial charge in [-0.25, -0.2) is 12.7 Å². The van der Waals surface area contributed by atoms with E-state index in [1.807, 2.05) is 30.9 Å². The molecule has 0 saturated carbocycles. The van der Waals surface area contributed by atoms with Crippen molar-refractivity contribution in [1.29, 1.82) is 0 Å². The first-order valence-corrected chi connectivity index (χ1v) is 13.5. The highest BCUT2D eigenvalue weighted by atomic mass is 35.5. The van der Waals surface area contributed by atoms with Gasteiger partial charge in [-0.3, -0.25) is 19.3 Å². The molecule has 3 aliphatic heterocycles. The van der Waals surface area contributed by atoms with Crippen LogP contribution in [0.1, 0.15) is 36.7 Å². The van der Waals surface area contributed by atoms with Crippen LogP contribution in [0.3, 0.4) is 0 Å². The third-order valence-electron chi connectivity index (χ3n) is 6.93. The first-order valence-electron chi connectivity index (χ1n) is 11.6. The normalized spacial score (nSPS) is 22.8. The van der Waals surface area contributed by atoms with Gasteiger partial charge in [0.1, 0.15) is 0 Å². The van der Waals surface area contributed by atoms with Crippen LogP contribution in [0.15, 0.2) is 36.0 Å². The van der Waals surface area contributed by atoms with E-state index in [0.717, 1.165) is 48.8 Å². The number of amides is 3. The molecule has 0 aromatic heterocycles. The lowest BCUT2D eigenvalue weighted by Gasteiger charge is -2.34. The summed E-state index contributed by atoms with van der Waals surface area (Å²) in [5, 5.41) is 0. The van der Waals surface area contributed by atoms with Crippen LogP contribution < -0.4 is 0 Å². The highest BCUT2D eigenvalue weighted by Crippen LogP contribution is 2.41. The van der Waals surface area contributed by atoms with Crippen molar-refractivity contribution in [3.05, 3.63) is 47.2 Å². The second kappa shape index (κ2) is 10.3. The van der Waals surface area contributed by atoms with Gasteiger partial charge in [0.05, 0.1) is 23.9 Å². The average molecular weight is 525 g/mol. The summed E-state index contributed by atoms with van der Waals surface area (Å²) >= 11 is 0. The minimum absolute atomic E-state index is 0. The number of hydrogen-bond donors (Lipinski definition) is 0. The lowest BCUT2D eigenvalue weighted by atomic mass is 9.89. The SMILES string of the molecule is CC(=O)N1CCN(Cc2ccc(C(=O)N3CC=C4[C@H]3[C@@H](C(C)C)C(=O)N4S(C)(=O)=O)cc2)CC1.Cl. The minimum Gasteiger partial charge on any atom is -0.340 e. The molecule has 11 heteroatoms. The molecule has 4 rings (SSSR count). The van der Waals surface area contributed by atoms with E-state index in [4.69, 9.17) is 0 Å². The maximum Gasteiger partial charge on any atom is 0.254 e. The van der Waals surface area contributed by atoms with Gasteiger partial charge in [0.25, 0.3) is 5.91 Å². The Bertz CT molecular complexity index is 1130. The molecule has 2 atom stereocenters. The standard InChI is InChI=1S/C24H32N4O5S.ClH/c1-16(2)21-22-20(28(24(21)31)34(4,32)33)9-10-27(22)23(30)19-7-5-18(6-8-19)15-25-11-13-26(14-12-25)17(3)29;/h5-9,16,21-22H,10-15H2,1-4H3;1H/t21-,22+;/m1./s1. The largest absolute Gasteiger partial charge is 0.340 e. The molecule has 0 N–H and O–H groups in total. The van der Waals surface area contributed by atoms with Gasteiger partial charge in [0.15, 0.2) is 0 Å². The van der Waals surface area contributed by atoms with E-state index in [0.29, 0.717) is 11.3 Å². The van der Waals surface area contributed by atoms with Gasteiger partial charge in [-0.1, -0.05) is 26.0 Å². The zero-order valence-electron chi connectivity index (χ0n) is 20.5. The van der Waals surface area contributed by atoms with Crippen molar-refractivity contribution < 1.29 is 22.8 Å². The number of hydrogen-bond acceptors (Lipinski definition) is 6. The first-order chi connectivity index (χ1) is 16.0. The lowest BCUT2D eigenvalue weighted by molar-refractivity contribution is -0.130. The van der Waals surface area contributed by atoms with Gasteiger partial charge in [0, 0.05) is 51.8 Å². The molecule has 2 fully saturated rings. The maximum absolute atomic E-state index is 13.4. The Labute approximate surface area is 213 Å². The van der Waals surface area contributed by atoms with Crippen molar-refractivity contribution in [1.82, 2.24) is 19.0 Å². The Morgan fingerprint density at radius 1 is 1.06 bits per heavy atom. The Hall–Kier alpha value is -2.43. The first kappa shape index (κ1) is 27.2. The van der Waals surface area contributed by atoms with Gasteiger partial charge in [-0.2, -0.15) is 0 Å². The van der Waals surface area contributed by atoms with E-state index < -0.39 is 27.9 Å². The molecular formula is C24H33ClN4O5S. The molecule has 192 valence electrons. The predicted molar refractivity (Wildman–Crippen MR) is 134 cm³/mol. The van der Waals surface area contributed by atoms with E-state index in [9.17, 15) is 22.8 Å². The summed E-state index contributed by atoms with van der Waals surface area (Å²) in [5.41, 5.74) is 1.97.